The molecule has 0 spiro atoms. The van der Waals surface area contributed by atoms with E-state index in [0.29, 0.717) is 28.4 Å². The van der Waals surface area contributed by atoms with Crippen LogP contribution >= 0.6 is 0 Å². The second-order valence-corrected chi connectivity index (χ2v) is 12.9. The first-order valence-electron chi connectivity index (χ1n) is 12.8. The molecular weight excluding hydrogens is 578 g/mol. The van der Waals surface area contributed by atoms with E-state index in [4.69, 9.17) is 0 Å². The average Bonchev–Trinajstić information content (AvgIpc) is 2.96. The minimum atomic E-state index is -4.83. The number of benzene rings is 5. The van der Waals surface area contributed by atoms with Gasteiger partial charge in [0, 0.05) is 16.3 Å². The molecule has 10 nitrogen and oxygen atoms in total. The summed E-state index contributed by atoms with van der Waals surface area (Å²) in [4.78, 5) is 12.2. The Morgan fingerprint density at radius 3 is 2.21 bits per heavy atom. The molecule has 0 aliphatic heterocycles. The molecule has 0 heterocycles. The van der Waals surface area contributed by atoms with Crippen molar-refractivity contribution in [2.45, 2.75) is 23.1 Å². The number of fused-ring (bicyclic) bond motifs is 2. The normalized spacial score (nSPS) is 12.2. The molecule has 0 aliphatic carbocycles. The summed E-state index contributed by atoms with van der Waals surface area (Å²) >= 11 is 0. The van der Waals surface area contributed by atoms with Crippen molar-refractivity contribution in [3.63, 3.8) is 0 Å². The van der Waals surface area contributed by atoms with Gasteiger partial charge in [0.2, 0.25) is 0 Å². The SMILES string of the molecule is CCCS(=O)(=O)c1ccc2c(S(=O)(=O)O)c(N=Nc3ccc4cccc(NC(=O)c5ccccc5)c4c3O)ccc2c1. The summed E-state index contributed by atoms with van der Waals surface area (Å²) in [5.74, 6) is -0.752. The van der Waals surface area contributed by atoms with Crippen LogP contribution in [-0.4, -0.2) is 38.2 Å². The Labute approximate surface area is 242 Å². The number of aromatic hydroxyl groups is 1. The van der Waals surface area contributed by atoms with Gasteiger partial charge in [0.1, 0.15) is 16.3 Å². The molecule has 0 aromatic heterocycles. The second-order valence-electron chi connectivity index (χ2n) is 9.45. The van der Waals surface area contributed by atoms with E-state index in [1.54, 1.807) is 61.5 Å². The first-order chi connectivity index (χ1) is 20.0. The maximum atomic E-state index is 12.8. The lowest BCUT2D eigenvalue weighted by Crippen LogP contribution is -2.11. The molecule has 0 bridgehead atoms. The zero-order valence-corrected chi connectivity index (χ0v) is 23.9. The Hall–Kier alpha value is -4.65. The van der Waals surface area contributed by atoms with Crippen molar-refractivity contribution in [3.05, 3.63) is 96.6 Å². The number of hydrogen-bond acceptors (Lipinski definition) is 8. The van der Waals surface area contributed by atoms with E-state index >= 15 is 0 Å². The highest BCUT2D eigenvalue weighted by molar-refractivity contribution is 7.91. The summed E-state index contributed by atoms with van der Waals surface area (Å²) in [5.41, 5.74) is 0.508. The van der Waals surface area contributed by atoms with Crippen LogP contribution in [0.2, 0.25) is 0 Å². The minimum absolute atomic E-state index is 0.0219. The maximum Gasteiger partial charge on any atom is 0.297 e. The van der Waals surface area contributed by atoms with Crippen LogP contribution in [0.3, 0.4) is 0 Å². The largest absolute Gasteiger partial charge is 0.505 e. The number of nitrogens with zero attached hydrogens (tertiary/aromatic N) is 2. The Kier molecular flexibility index (Phi) is 7.78. The number of nitrogens with one attached hydrogen (secondary N) is 1. The smallest absolute Gasteiger partial charge is 0.297 e. The first kappa shape index (κ1) is 28.9. The summed E-state index contributed by atoms with van der Waals surface area (Å²) in [6.45, 7) is 1.74. The Bertz CT molecular complexity index is 2100. The molecule has 5 aromatic rings. The standard InChI is InChI=1S/C30H25N3O7S2/c1-2-17-41(36,37)22-13-14-23-21(18-22)12-16-26(29(23)42(38,39)40)33-32-25-15-11-19-9-6-10-24(27(19)28(25)34)31-30(35)20-7-4-3-5-8-20/h3-16,18,34H,2,17H2,1H3,(H,31,35)(H,38,39,40). The summed E-state index contributed by atoms with van der Waals surface area (Å²) in [7, 11) is -8.39. The molecule has 0 unspecified atom stereocenters. The molecular formula is C30H25N3O7S2. The van der Waals surface area contributed by atoms with Crippen LogP contribution in [0.15, 0.2) is 111 Å². The first-order valence-corrected chi connectivity index (χ1v) is 15.9. The van der Waals surface area contributed by atoms with Crippen molar-refractivity contribution in [2.75, 3.05) is 11.1 Å². The molecule has 0 saturated carbocycles. The van der Waals surface area contributed by atoms with Crippen molar-refractivity contribution in [1.82, 2.24) is 0 Å². The van der Waals surface area contributed by atoms with Crippen LogP contribution in [0.25, 0.3) is 21.5 Å². The number of hydrogen-bond donors (Lipinski definition) is 3. The fourth-order valence-electron chi connectivity index (χ4n) is 4.62. The van der Waals surface area contributed by atoms with Gasteiger partial charge in [-0.15, -0.1) is 10.2 Å². The van der Waals surface area contributed by atoms with E-state index in [1.165, 1.54) is 36.4 Å². The molecule has 0 fully saturated rings. The number of phenolic OH excluding ortho intramolecular Hbond substituents is 1. The van der Waals surface area contributed by atoms with E-state index in [1.807, 2.05) is 0 Å². The Morgan fingerprint density at radius 2 is 1.50 bits per heavy atom. The van der Waals surface area contributed by atoms with Gasteiger partial charge in [0.25, 0.3) is 16.0 Å². The molecule has 3 N–H and O–H groups in total. The zero-order chi connectivity index (χ0) is 30.1. The van der Waals surface area contributed by atoms with Crippen molar-refractivity contribution < 1.29 is 31.3 Å². The second kappa shape index (κ2) is 11.3. The third-order valence-electron chi connectivity index (χ3n) is 6.56. The average molecular weight is 604 g/mol. The van der Waals surface area contributed by atoms with E-state index in [0.717, 1.165) is 0 Å². The molecule has 214 valence electrons. The van der Waals surface area contributed by atoms with Crippen LogP contribution in [0.5, 0.6) is 5.75 Å². The highest BCUT2D eigenvalue weighted by Crippen LogP contribution is 2.41. The third-order valence-corrected chi connectivity index (χ3v) is 9.42. The minimum Gasteiger partial charge on any atom is -0.505 e. The lowest BCUT2D eigenvalue weighted by atomic mass is 10.1. The van der Waals surface area contributed by atoms with Gasteiger partial charge in [-0.2, -0.15) is 8.42 Å². The maximum absolute atomic E-state index is 12.8. The van der Waals surface area contributed by atoms with Gasteiger partial charge in [-0.05, 0) is 59.7 Å². The van der Waals surface area contributed by atoms with Gasteiger partial charge in [-0.1, -0.05) is 55.5 Å². The van der Waals surface area contributed by atoms with Crippen LogP contribution in [0.4, 0.5) is 17.1 Å². The number of carbonyl (C=O) groups is 1. The van der Waals surface area contributed by atoms with Crippen molar-refractivity contribution >= 4 is 64.5 Å². The number of amides is 1. The van der Waals surface area contributed by atoms with Crippen molar-refractivity contribution in [1.29, 1.82) is 0 Å². The molecule has 1 amide bonds. The molecule has 5 rings (SSSR count). The van der Waals surface area contributed by atoms with Crippen molar-refractivity contribution in [2.24, 2.45) is 10.2 Å². The number of phenols is 1. The molecule has 0 saturated heterocycles. The summed E-state index contributed by atoms with van der Waals surface area (Å²) in [5, 5.41) is 23.2. The quantitative estimate of drug-likeness (QED) is 0.130. The molecule has 5 aromatic carbocycles. The molecule has 42 heavy (non-hydrogen) atoms. The summed E-state index contributed by atoms with van der Waals surface area (Å²) in [6, 6.07) is 23.5. The van der Waals surface area contributed by atoms with E-state index in [2.05, 4.69) is 15.5 Å². The topological polar surface area (TPSA) is 163 Å². The lowest BCUT2D eigenvalue weighted by molar-refractivity contribution is 0.102. The summed E-state index contributed by atoms with van der Waals surface area (Å²) < 4.78 is 59.9. The fraction of sp³-hybridized carbons (Fsp3) is 0.100. The monoisotopic (exact) mass is 603 g/mol. The van der Waals surface area contributed by atoms with Gasteiger partial charge < -0.3 is 10.4 Å². The van der Waals surface area contributed by atoms with E-state index in [-0.39, 0.29) is 44.5 Å². The molecule has 0 atom stereocenters. The van der Waals surface area contributed by atoms with Crippen LogP contribution in [0, 0.1) is 0 Å². The number of carbonyl (C=O) groups excluding carboxylic acids is 1. The molecule has 0 radical (unpaired) electrons. The fourth-order valence-corrected chi connectivity index (χ4v) is 6.82. The van der Waals surface area contributed by atoms with Gasteiger partial charge in [-0.3, -0.25) is 9.35 Å². The van der Waals surface area contributed by atoms with E-state index in [9.17, 15) is 31.3 Å². The molecule has 0 aliphatic rings. The van der Waals surface area contributed by atoms with Crippen molar-refractivity contribution in [3.8, 4) is 5.75 Å². The Morgan fingerprint density at radius 1 is 0.810 bits per heavy atom. The molecule has 12 heteroatoms. The summed E-state index contributed by atoms with van der Waals surface area (Å²) in [6.07, 6.45) is 0.415. The van der Waals surface area contributed by atoms with Crippen LogP contribution in [-0.2, 0) is 20.0 Å². The van der Waals surface area contributed by atoms with E-state index < -0.39 is 24.9 Å². The zero-order valence-electron chi connectivity index (χ0n) is 22.2. The number of anilines is 1. The number of sulfone groups is 1. The van der Waals surface area contributed by atoms with Gasteiger partial charge in [-0.25, -0.2) is 8.42 Å². The highest BCUT2D eigenvalue weighted by Gasteiger charge is 2.22. The Balaban J connectivity index is 1.57. The number of rotatable bonds is 8. The third kappa shape index (κ3) is 5.73. The predicted octanol–water partition coefficient (Wildman–Crippen LogP) is 6.80. The van der Waals surface area contributed by atoms with Gasteiger partial charge in [0.15, 0.2) is 15.6 Å². The predicted molar refractivity (Wildman–Crippen MR) is 160 cm³/mol. The van der Waals surface area contributed by atoms with Crippen LogP contribution < -0.4 is 5.32 Å². The van der Waals surface area contributed by atoms with Gasteiger partial charge in [0.05, 0.1) is 16.3 Å². The van der Waals surface area contributed by atoms with Gasteiger partial charge >= 0.3 is 0 Å². The lowest BCUT2D eigenvalue weighted by Gasteiger charge is -2.12. The number of azo groups is 1. The highest BCUT2D eigenvalue weighted by atomic mass is 32.2. The van der Waals surface area contributed by atoms with Crippen LogP contribution in [0.1, 0.15) is 23.7 Å².